The third kappa shape index (κ3) is 8.62. The van der Waals surface area contributed by atoms with Crippen molar-refractivity contribution in [3.63, 3.8) is 0 Å². The van der Waals surface area contributed by atoms with E-state index in [1.807, 2.05) is 0 Å². The van der Waals surface area contributed by atoms with Gasteiger partial charge in [0.2, 0.25) is 0 Å². The molecule has 1 aliphatic rings. The number of rotatable bonds is 8. The van der Waals surface area contributed by atoms with Gasteiger partial charge in [0, 0.05) is 0 Å². The van der Waals surface area contributed by atoms with Crippen molar-refractivity contribution in [1.82, 2.24) is 0 Å². The number of phosphoric ester groups is 4. The van der Waals surface area contributed by atoms with Gasteiger partial charge in [-0.25, -0.2) is 18.3 Å². The molecule has 22 heteroatoms. The van der Waals surface area contributed by atoms with Crippen LogP contribution in [0.15, 0.2) is 0 Å². The van der Waals surface area contributed by atoms with Gasteiger partial charge in [-0.15, -0.1) is 0 Å². The van der Waals surface area contributed by atoms with Gasteiger partial charge in [0.25, 0.3) is 0 Å². The number of hydrogen-bond acceptors (Lipinski definition) is 10. The third-order valence-electron chi connectivity index (χ3n) is 3.03. The summed E-state index contributed by atoms with van der Waals surface area (Å²) in [6.45, 7) is 0. The lowest BCUT2D eigenvalue weighted by atomic mass is 9.85. The third-order valence-corrected chi connectivity index (χ3v) is 5.10. The van der Waals surface area contributed by atoms with Gasteiger partial charge >= 0.3 is 31.3 Å². The molecule has 0 saturated heterocycles. The fourth-order valence-electron chi connectivity index (χ4n) is 2.27. The Morgan fingerprint density at radius 2 is 0.607 bits per heavy atom. The van der Waals surface area contributed by atoms with Crippen molar-refractivity contribution in [3.05, 3.63) is 0 Å². The molecule has 6 atom stereocenters. The van der Waals surface area contributed by atoms with Crippen LogP contribution in [0.1, 0.15) is 0 Å². The second-order valence-corrected chi connectivity index (χ2v) is 9.99. The fourth-order valence-corrected chi connectivity index (χ4v) is 4.51. The summed E-state index contributed by atoms with van der Waals surface area (Å²) in [6.07, 6.45) is -15.9. The van der Waals surface area contributed by atoms with Crippen molar-refractivity contribution in [2.24, 2.45) is 0 Å². The van der Waals surface area contributed by atoms with Gasteiger partial charge in [0.1, 0.15) is 36.6 Å². The molecule has 0 aromatic carbocycles. The molecule has 0 amide bonds. The first-order valence-electron chi connectivity index (χ1n) is 6.52. The van der Waals surface area contributed by atoms with Crippen LogP contribution in [-0.2, 0) is 36.4 Å². The predicted molar refractivity (Wildman–Crippen MR) is 79.7 cm³/mol. The molecular formula is C6H16O18P4. The van der Waals surface area contributed by atoms with Gasteiger partial charge in [-0.3, -0.25) is 18.1 Å². The molecule has 168 valence electrons. The SMILES string of the molecule is O=P(O)(O)O[C@H]1[C@H](OP(=O)(O)O)[C@@H](OP(=O)(O)O)[C@@H](O)[C@H](O)[C@H]1OP(=O)(O)O. The number of aliphatic hydroxyl groups is 2. The van der Waals surface area contributed by atoms with Crippen molar-refractivity contribution < 1.29 is 85.7 Å². The van der Waals surface area contributed by atoms with Crippen LogP contribution in [0.5, 0.6) is 0 Å². The van der Waals surface area contributed by atoms with E-state index in [-0.39, 0.29) is 0 Å². The maximum absolute atomic E-state index is 11.1. The summed E-state index contributed by atoms with van der Waals surface area (Å²) in [7, 11) is -22.5. The maximum Gasteiger partial charge on any atom is 0.470 e. The first-order chi connectivity index (χ1) is 12.2. The summed E-state index contributed by atoms with van der Waals surface area (Å²) in [6, 6.07) is 0. The van der Waals surface area contributed by atoms with E-state index in [0.29, 0.717) is 0 Å². The summed E-state index contributed by atoms with van der Waals surface area (Å²) < 4.78 is 60.6. The van der Waals surface area contributed by atoms with Crippen LogP contribution >= 0.6 is 31.3 Å². The quantitative estimate of drug-likeness (QED) is 0.145. The largest absolute Gasteiger partial charge is 0.470 e. The molecule has 0 heterocycles. The first-order valence-corrected chi connectivity index (χ1v) is 12.6. The van der Waals surface area contributed by atoms with Gasteiger partial charge in [0.05, 0.1) is 0 Å². The van der Waals surface area contributed by atoms with Crippen molar-refractivity contribution >= 4 is 31.3 Å². The zero-order valence-electron chi connectivity index (χ0n) is 13.0. The number of phosphoric acid groups is 4. The highest BCUT2D eigenvalue weighted by Crippen LogP contribution is 2.52. The predicted octanol–water partition coefficient (Wildman–Crippen LogP) is -3.37. The molecule has 1 fully saturated rings. The summed E-state index contributed by atoms with van der Waals surface area (Å²) in [5.41, 5.74) is 0. The average Bonchev–Trinajstić information content (AvgIpc) is 2.39. The highest BCUT2D eigenvalue weighted by Gasteiger charge is 2.58. The van der Waals surface area contributed by atoms with Gasteiger partial charge < -0.3 is 49.4 Å². The first kappa shape index (κ1) is 26.4. The molecule has 1 rings (SSSR count). The molecule has 0 aromatic heterocycles. The minimum atomic E-state index is -5.67. The number of hydrogen-bond donors (Lipinski definition) is 10. The molecule has 28 heavy (non-hydrogen) atoms. The zero-order valence-corrected chi connectivity index (χ0v) is 16.6. The lowest BCUT2D eigenvalue weighted by Gasteiger charge is -2.45. The lowest BCUT2D eigenvalue weighted by Crippen LogP contribution is -2.65. The Morgan fingerprint density at radius 3 is 0.786 bits per heavy atom. The fraction of sp³-hybridized carbons (Fsp3) is 1.00. The Morgan fingerprint density at radius 1 is 0.429 bits per heavy atom. The van der Waals surface area contributed by atoms with E-state index in [2.05, 4.69) is 18.1 Å². The normalized spacial score (nSPS) is 33.1. The maximum atomic E-state index is 11.1. The molecule has 10 N–H and O–H groups in total. The van der Waals surface area contributed by atoms with Gasteiger partial charge in [0.15, 0.2) is 0 Å². The molecule has 1 aliphatic carbocycles. The summed E-state index contributed by atoms with van der Waals surface area (Å²) in [4.78, 5) is 71.1. The van der Waals surface area contributed by atoms with Crippen LogP contribution < -0.4 is 0 Å². The van der Waals surface area contributed by atoms with Crippen molar-refractivity contribution in [2.45, 2.75) is 36.6 Å². The second-order valence-electron chi connectivity index (χ2n) is 5.22. The van der Waals surface area contributed by atoms with E-state index in [1.165, 1.54) is 0 Å². The van der Waals surface area contributed by atoms with Gasteiger partial charge in [-0.2, -0.15) is 0 Å². The van der Waals surface area contributed by atoms with E-state index < -0.39 is 67.9 Å². The zero-order chi connectivity index (χ0) is 22.3. The molecule has 0 aliphatic heterocycles. The molecule has 0 unspecified atom stereocenters. The monoisotopic (exact) mass is 500 g/mol. The van der Waals surface area contributed by atoms with E-state index in [1.54, 1.807) is 0 Å². The topological polar surface area (TPSA) is 308 Å². The second kappa shape index (κ2) is 8.85. The van der Waals surface area contributed by atoms with E-state index in [4.69, 9.17) is 39.1 Å². The smallest absolute Gasteiger partial charge is 0.387 e. The lowest BCUT2D eigenvalue weighted by molar-refractivity contribution is -0.209. The highest BCUT2D eigenvalue weighted by molar-refractivity contribution is 7.47. The summed E-state index contributed by atoms with van der Waals surface area (Å²) >= 11 is 0. The summed E-state index contributed by atoms with van der Waals surface area (Å²) in [5, 5.41) is 19.8. The van der Waals surface area contributed by atoms with Crippen LogP contribution in [0.3, 0.4) is 0 Å². The van der Waals surface area contributed by atoms with Crippen molar-refractivity contribution in [2.75, 3.05) is 0 Å². The Hall–Kier alpha value is 0.360. The Kier molecular flexibility index (Phi) is 8.34. The van der Waals surface area contributed by atoms with Crippen molar-refractivity contribution in [3.8, 4) is 0 Å². The molecule has 0 spiro atoms. The van der Waals surface area contributed by atoms with Crippen LogP contribution in [0.4, 0.5) is 0 Å². The Labute approximate surface area is 154 Å². The van der Waals surface area contributed by atoms with Gasteiger partial charge in [-0.1, -0.05) is 0 Å². The minimum absolute atomic E-state index is 2.60. The van der Waals surface area contributed by atoms with Crippen LogP contribution in [0.2, 0.25) is 0 Å². The number of aliphatic hydroxyl groups excluding tert-OH is 2. The van der Waals surface area contributed by atoms with Crippen LogP contribution in [0.25, 0.3) is 0 Å². The molecule has 0 bridgehead atoms. The van der Waals surface area contributed by atoms with Crippen LogP contribution in [0, 0.1) is 0 Å². The molecule has 0 radical (unpaired) electrons. The van der Waals surface area contributed by atoms with E-state index >= 15 is 0 Å². The van der Waals surface area contributed by atoms with Crippen LogP contribution in [-0.4, -0.2) is 86.0 Å². The van der Waals surface area contributed by atoms with E-state index in [0.717, 1.165) is 0 Å². The van der Waals surface area contributed by atoms with Gasteiger partial charge in [-0.05, 0) is 0 Å². The van der Waals surface area contributed by atoms with Crippen molar-refractivity contribution in [1.29, 1.82) is 0 Å². The molecule has 1 saturated carbocycles. The minimum Gasteiger partial charge on any atom is -0.387 e. The average molecular weight is 500 g/mol. The standard InChI is InChI=1S/C6H16O18P4/c7-1-2(8)4(22-26(12,13)14)6(24-28(18,19)20)5(23-27(15,16)17)3(1)21-25(9,10)11/h1-8H,(H2,9,10,11)(H2,12,13,14)(H2,15,16,17)(H2,18,19,20)/t1-,2-,3-,4+,5+,6+/m0/s1. The highest BCUT2D eigenvalue weighted by atomic mass is 31.2. The summed E-state index contributed by atoms with van der Waals surface area (Å²) in [5.74, 6) is 0. The Bertz CT molecular complexity index is 664. The molecule has 0 aromatic rings. The Balaban J connectivity index is 3.53. The molecular weight excluding hydrogens is 484 g/mol. The molecule has 18 nitrogen and oxygen atoms in total. The van der Waals surface area contributed by atoms with E-state index in [9.17, 15) is 28.5 Å².